The van der Waals surface area contributed by atoms with Gasteiger partial charge in [-0.2, -0.15) is 13.2 Å². The van der Waals surface area contributed by atoms with Gasteiger partial charge in [0.25, 0.3) is 0 Å². The van der Waals surface area contributed by atoms with Crippen molar-refractivity contribution in [2.45, 2.75) is 56.4 Å². The van der Waals surface area contributed by atoms with Gasteiger partial charge in [-0.3, -0.25) is 0 Å². The molecular weight excluding hydrogens is 299 g/mol. The van der Waals surface area contributed by atoms with E-state index in [2.05, 4.69) is 22.2 Å². The van der Waals surface area contributed by atoms with Crippen molar-refractivity contribution in [1.29, 1.82) is 0 Å². The van der Waals surface area contributed by atoms with E-state index >= 15 is 0 Å². The number of fused-ring (bicyclic) bond motifs is 2. The third-order valence-corrected chi connectivity index (χ3v) is 5.99. The second kappa shape index (κ2) is 5.52. The minimum atomic E-state index is -4.36. The minimum Gasteiger partial charge on any atom is -0.315 e. The van der Waals surface area contributed by atoms with Gasteiger partial charge < -0.3 is 10.2 Å². The average Bonchev–Trinajstić information content (AvgIpc) is 2.88. The molecule has 21 heavy (non-hydrogen) atoms. The Kier molecular flexibility index (Phi) is 4.00. The smallest absolute Gasteiger partial charge is 0.315 e. The van der Waals surface area contributed by atoms with Crippen molar-refractivity contribution in [1.82, 2.24) is 15.2 Å². The molecule has 0 aromatic carbocycles. The molecule has 118 valence electrons. The highest BCUT2D eigenvalue weighted by molar-refractivity contribution is 7.11. The van der Waals surface area contributed by atoms with Gasteiger partial charge in [-0.1, -0.05) is 0 Å². The Hall–Kier alpha value is -0.660. The third kappa shape index (κ3) is 2.83. The summed E-state index contributed by atoms with van der Waals surface area (Å²) in [5.74, 6) is 0.190. The lowest BCUT2D eigenvalue weighted by Crippen LogP contribution is -2.39. The maximum Gasteiger partial charge on any atom is 0.434 e. The number of rotatable bonds is 3. The molecule has 2 aliphatic heterocycles. The molecule has 0 saturated carbocycles. The molecule has 0 radical (unpaired) electrons. The van der Waals surface area contributed by atoms with Crippen LogP contribution in [0.5, 0.6) is 0 Å². The molecule has 1 aromatic heterocycles. The van der Waals surface area contributed by atoms with E-state index in [1.165, 1.54) is 24.2 Å². The predicted molar refractivity (Wildman–Crippen MR) is 76.4 cm³/mol. The zero-order chi connectivity index (χ0) is 15.2. The summed E-state index contributed by atoms with van der Waals surface area (Å²) in [6.07, 6.45) is -0.143. The zero-order valence-electron chi connectivity index (χ0n) is 12.2. The highest BCUT2D eigenvalue weighted by Crippen LogP contribution is 2.45. The number of halogens is 3. The van der Waals surface area contributed by atoms with Gasteiger partial charge in [0.05, 0.1) is 9.88 Å². The number of hydrogen-bond acceptors (Lipinski definition) is 4. The first-order valence-corrected chi connectivity index (χ1v) is 8.15. The highest BCUT2D eigenvalue weighted by atomic mass is 32.1. The van der Waals surface area contributed by atoms with Gasteiger partial charge in [-0.25, -0.2) is 4.98 Å². The Labute approximate surface area is 126 Å². The number of alkyl halides is 3. The molecule has 3 rings (SSSR count). The number of nitrogens with one attached hydrogen (secondary N) is 1. The molecule has 2 unspecified atom stereocenters. The van der Waals surface area contributed by atoms with Crippen molar-refractivity contribution < 1.29 is 13.2 Å². The number of hydrogen-bond donors (Lipinski definition) is 1. The van der Waals surface area contributed by atoms with Gasteiger partial charge in [0.15, 0.2) is 5.69 Å². The minimum absolute atomic E-state index is 0.190. The van der Waals surface area contributed by atoms with E-state index in [-0.39, 0.29) is 12.5 Å². The normalized spacial score (nSPS) is 30.0. The monoisotopic (exact) mass is 319 g/mol. The molecule has 0 amide bonds. The lowest BCUT2D eigenvalue weighted by Gasteiger charge is -2.35. The molecular formula is C14H20F3N3S. The van der Waals surface area contributed by atoms with E-state index in [0.29, 0.717) is 22.0 Å². The van der Waals surface area contributed by atoms with Gasteiger partial charge in [-0.05, 0) is 39.8 Å². The Morgan fingerprint density at radius 1 is 1.29 bits per heavy atom. The van der Waals surface area contributed by atoms with Gasteiger partial charge in [0.2, 0.25) is 0 Å². The zero-order valence-corrected chi connectivity index (χ0v) is 13.0. The average molecular weight is 319 g/mol. The number of thiazole rings is 1. The maximum atomic E-state index is 13.1. The Balaban J connectivity index is 1.86. The topological polar surface area (TPSA) is 28.2 Å². The quantitative estimate of drug-likeness (QED) is 0.927. The van der Waals surface area contributed by atoms with E-state index < -0.39 is 11.9 Å². The van der Waals surface area contributed by atoms with Crippen LogP contribution in [0.2, 0.25) is 0 Å². The standard InChI is InChI=1S/C14H20F3N3S/c1-18-7-11-12(14(15,16)17)19-13(21-11)8-5-9-3-4-10(6-8)20(9)2/h8-10,18H,3-7H2,1-2H3. The summed E-state index contributed by atoms with van der Waals surface area (Å²) in [5, 5.41) is 3.49. The fraction of sp³-hybridized carbons (Fsp3) is 0.786. The van der Waals surface area contributed by atoms with Crippen molar-refractivity contribution >= 4 is 11.3 Å². The van der Waals surface area contributed by atoms with Crippen LogP contribution in [0, 0.1) is 0 Å². The lowest BCUT2D eigenvalue weighted by atomic mass is 9.92. The van der Waals surface area contributed by atoms with Crippen LogP contribution in [0.1, 0.15) is 47.2 Å². The van der Waals surface area contributed by atoms with E-state index in [1.54, 1.807) is 7.05 Å². The van der Waals surface area contributed by atoms with Gasteiger partial charge >= 0.3 is 6.18 Å². The molecule has 7 heteroatoms. The van der Waals surface area contributed by atoms with Crippen molar-refractivity contribution in [2.75, 3.05) is 14.1 Å². The van der Waals surface area contributed by atoms with Crippen LogP contribution in [-0.4, -0.2) is 36.1 Å². The van der Waals surface area contributed by atoms with Crippen LogP contribution >= 0.6 is 11.3 Å². The first-order valence-electron chi connectivity index (χ1n) is 7.33. The largest absolute Gasteiger partial charge is 0.434 e. The van der Waals surface area contributed by atoms with Crippen LogP contribution in [-0.2, 0) is 12.7 Å². The summed E-state index contributed by atoms with van der Waals surface area (Å²) in [4.78, 5) is 6.68. The summed E-state index contributed by atoms with van der Waals surface area (Å²) in [6, 6.07) is 1.03. The maximum absolute atomic E-state index is 13.1. The Morgan fingerprint density at radius 3 is 2.43 bits per heavy atom. The van der Waals surface area contributed by atoms with Crippen LogP contribution in [0.15, 0.2) is 0 Å². The molecule has 1 N–H and O–H groups in total. The van der Waals surface area contributed by atoms with E-state index in [9.17, 15) is 13.2 Å². The molecule has 3 nitrogen and oxygen atoms in total. The molecule has 1 aromatic rings. The molecule has 0 spiro atoms. The van der Waals surface area contributed by atoms with Gasteiger partial charge in [-0.15, -0.1) is 11.3 Å². The molecule has 2 aliphatic rings. The predicted octanol–water partition coefficient (Wildman–Crippen LogP) is 3.22. The van der Waals surface area contributed by atoms with E-state index in [0.717, 1.165) is 12.8 Å². The first-order chi connectivity index (χ1) is 9.90. The van der Waals surface area contributed by atoms with Crippen LogP contribution < -0.4 is 5.32 Å². The molecule has 2 bridgehead atoms. The number of aromatic nitrogens is 1. The molecule has 2 saturated heterocycles. The van der Waals surface area contributed by atoms with Gasteiger partial charge in [0, 0.05) is 24.5 Å². The number of nitrogens with zero attached hydrogens (tertiary/aromatic N) is 2. The Bertz CT molecular complexity index is 500. The number of piperidine rings is 1. The fourth-order valence-corrected chi connectivity index (χ4v) is 4.88. The van der Waals surface area contributed by atoms with Crippen molar-refractivity contribution in [3.8, 4) is 0 Å². The highest BCUT2D eigenvalue weighted by Gasteiger charge is 2.42. The first kappa shape index (κ1) is 15.2. The van der Waals surface area contributed by atoms with Gasteiger partial charge in [0.1, 0.15) is 0 Å². The van der Waals surface area contributed by atoms with Crippen molar-refractivity contribution in [3.63, 3.8) is 0 Å². The van der Waals surface area contributed by atoms with Crippen molar-refractivity contribution in [2.24, 2.45) is 0 Å². The third-order valence-electron chi connectivity index (χ3n) is 4.77. The second-order valence-corrected chi connectivity index (χ2v) is 7.19. The van der Waals surface area contributed by atoms with Crippen LogP contribution in [0.25, 0.3) is 0 Å². The molecule has 0 aliphatic carbocycles. The van der Waals surface area contributed by atoms with E-state index in [4.69, 9.17) is 0 Å². The fourth-order valence-electron chi connectivity index (χ4n) is 3.66. The van der Waals surface area contributed by atoms with Crippen molar-refractivity contribution in [3.05, 3.63) is 15.6 Å². The molecule has 2 fully saturated rings. The summed E-state index contributed by atoms with van der Waals surface area (Å²) in [5.41, 5.74) is -0.692. The van der Waals surface area contributed by atoms with Crippen LogP contribution in [0.3, 0.4) is 0 Å². The summed E-state index contributed by atoms with van der Waals surface area (Å²) in [7, 11) is 3.79. The second-order valence-electron chi connectivity index (χ2n) is 6.07. The summed E-state index contributed by atoms with van der Waals surface area (Å²) in [6.45, 7) is 0.228. The lowest BCUT2D eigenvalue weighted by molar-refractivity contribution is -0.141. The van der Waals surface area contributed by atoms with E-state index in [1.807, 2.05) is 0 Å². The summed E-state index contributed by atoms with van der Waals surface area (Å²) >= 11 is 1.24. The Morgan fingerprint density at radius 2 is 1.90 bits per heavy atom. The molecule has 3 heterocycles. The SMILES string of the molecule is CNCc1sc(C2CC3CCC(C2)N3C)nc1C(F)(F)F. The van der Waals surface area contributed by atoms with Crippen LogP contribution in [0.4, 0.5) is 13.2 Å². The summed E-state index contributed by atoms with van der Waals surface area (Å²) < 4.78 is 39.3. The molecule has 2 atom stereocenters.